The fraction of sp³-hybridized carbons (Fsp3) is 0.423. The van der Waals surface area contributed by atoms with Gasteiger partial charge in [-0.3, -0.25) is 0 Å². The monoisotopic (exact) mass is 546 g/mol. The van der Waals surface area contributed by atoms with Gasteiger partial charge in [-0.15, -0.1) is 0 Å². The first kappa shape index (κ1) is 26.2. The number of sulfone groups is 1. The molecule has 0 radical (unpaired) electrons. The number of hydrogen-bond donors (Lipinski definition) is 1. The lowest BCUT2D eigenvalue weighted by atomic mass is 10.1. The summed E-state index contributed by atoms with van der Waals surface area (Å²) in [7, 11) is -3.33. The van der Waals surface area contributed by atoms with Crippen molar-refractivity contribution in [2.24, 2.45) is 0 Å². The molecule has 2 aliphatic heterocycles. The van der Waals surface area contributed by atoms with Crippen LogP contribution in [0.4, 0.5) is 36.4 Å². The first-order valence-corrected chi connectivity index (χ1v) is 14.4. The Morgan fingerprint density at radius 1 is 1.03 bits per heavy atom. The Kier molecular flexibility index (Phi) is 6.93. The van der Waals surface area contributed by atoms with E-state index in [9.17, 15) is 21.6 Å². The highest BCUT2D eigenvalue weighted by atomic mass is 32.2. The number of aromatic nitrogens is 3. The third kappa shape index (κ3) is 5.40. The summed E-state index contributed by atoms with van der Waals surface area (Å²) in [6, 6.07) is 9.04. The van der Waals surface area contributed by atoms with E-state index in [4.69, 9.17) is 9.97 Å². The Morgan fingerprint density at radius 3 is 2.42 bits per heavy atom. The minimum absolute atomic E-state index is 0.0833. The normalized spacial score (nSPS) is 18.3. The fourth-order valence-corrected chi connectivity index (χ4v) is 5.68. The second-order valence-electron chi connectivity index (χ2n) is 9.76. The minimum Gasteiger partial charge on any atom is -0.355 e. The van der Waals surface area contributed by atoms with Gasteiger partial charge in [-0.25, -0.2) is 18.4 Å². The summed E-state index contributed by atoms with van der Waals surface area (Å²) in [4.78, 5) is 17.8. The number of halogens is 3. The maximum Gasteiger partial charge on any atom is 0.419 e. The van der Waals surface area contributed by atoms with Crippen LogP contribution in [0, 0.1) is 0 Å². The molecule has 202 valence electrons. The fourth-order valence-electron chi connectivity index (χ4n) is 5.05. The van der Waals surface area contributed by atoms with E-state index in [2.05, 4.69) is 22.1 Å². The van der Waals surface area contributed by atoms with E-state index in [0.29, 0.717) is 43.4 Å². The van der Waals surface area contributed by atoms with Crippen molar-refractivity contribution in [3.8, 4) is 0 Å². The Morgan fingerprint density at radius 2 is 1.76 bits per heavy atom. The Balaban J connectivity index is 1.50. The molecule has 5 rings (SSSR count). The summed E-state index contributed by atoms with van der Waals surface area (Å²) in [5.41, 5.74) is 1.52. The first-order chi connectivity index (χ1) is 18.0. The minimum atomic E-state index is -4.51. The molecule has 1 atom stereocenters. The second-order valence-corrected chi connectivity index (χ2v) is 11.8. The van der Waals surface area contributed by atoms with Crippen molar-refractivity contribution in [3.63, 3.8) is 0 Å². The van der Waals surface area contributed by atoms with E-state index in [0.717, 1.165) is 43.0 Å². The predicted molar refractivity (Wildman–Crippen MR) is 140 cm³/mol. The molecule has 12 heteroatoms. The zero-order valence-corrected chi connectivity index (χ0v) is 22.0. The molecule has 38 heavy (non-hydrogen) atoms. The molecule has 0 saturated carbocycles. The SMILES string of the molecule is CC1CCCN1c1nc2c(c(Nc3ccc(S(C)(=O)=O)cc3)n1)CCN(c1ncccc1C(F)(F)F)CC2. The topological polar surface area (TPSA) is 91.3 Å². The molecule has 0 aliphatic carbocycles. The number of anilines is 4. The lowest BCUT2D eigenvalue weighted by Gasteiger charge is -2.24. The molecule has 0 bridgehead atoms. The Bertz CT molecular complexity index is 1430. The molecule has 1 N–H and O–H groups in total. The van der Waals surface area contributed by atoms with E-state index in [1.165, 1.54) is 24.4 Å². The average Bonchev–Trinajstić information content (AvgIpc) is 3.17. The summed E-state index contributed by atoms with van der Waals surface area (Å²) < 4.78 is 64.8. The molecule has 1 aromatic carbocycles. The molecule has 1 unspecified atom stereocenters. The van der Waals surface area contributed by atoms with Crippen LogP contribution in [-0.4, -0.2) is 55.3 Å². The molecule has 2 aromatic heterocycles. The van der Waals surface area contributed by atoms with Gasteiger partial charge in [-0.05, 0) is 62.6 Å². The van der Waals surface area contributed by atoms with E-state index in [1.54, 1.807) is 17.0 Å². The van der Waals surface area contributed by atoms with Crippen LogP contribution < -0.4 is 15.1 Å². The van der Waals surface area contributed by atoms with Gasteiger partial charge in [-0.2, -0.15) is 18.2 Å². The van der Waals surface area contributed by atoms with Gasteiger partial charge in [0.1, 0.15) is 11.6 Å². The van der Waals surface area contributed by atoms with Gasteiger partial charge in [0.25, 0.3) is 0 Å². The summed E-state index contributed by atoms with van der Waals surface area (Å²) in [5.74, 6) is 1.08. The number of fused-ring (bicyclic) bond motifs is 1. The lowest BCUT2D eigenvalue weighted by Crippen LogP contribution is -2.29. The summed E-state index contributed by atoms with van der Waals surface area (Å²) in [5, 5.41) is 3.32. The number of alkyl halides is 3. The van der Waals surface area contributed by atoms with Crippen LogP contribution in [0.15, 0.2) is 47.5 Å². The summed E-state index contributed by atoms with van der Waals surface area (Å²) in [6.07, 6.45) is 0.940. The zero-order valence-electron chi connectivity index (χ0n) is 21.2. The van der Waals surface area contributed by atoms with Crippen molar-refractivity contribution >= 4 is 33.1 Å². The number of pyridine rings is 1. The summed E-state index contributed by atoms with van der Waals surface area (Å²) >= 11 is 0. The highest BCUT2D eigenvalue weighted by Gasteiger charge is 2.36. The van der Waals surface area contributed by atoms with Crippen LogP contribution in [-0.2, 0) is 28.9 Å². The quantitative estimate of drug-likeness (QED) is 0.495. The van der Waals surface area contributed by atoms with Crippen LogP contribution in [0.25, 0.3) is 0 Å². The molecule has 4 heterocycles. The summed E-state index contributed by atoms with van der Waals surface area (Å²) in [6.45, 7) is 3.61. The van der Waals surface area contributed by atoms with Crippen molar-refractivity contribution < 1.29 is 21.6 Å². The maximum absolute atomic E-state index is 13.7. The molecule has 0 spiro atoms. The van der Waals surface area contributed by atoms with Gasteiger partial charge < -0.3 is 15.1 Å². The van der Waals surface area contributed by atoms with Crippen molar-refractivity contribution in [1.29, 1.82) is 0 Å². The van der Waals surface area contributed by atoms with Crippen LogP contribution in [0.5, 0.6) is 0 Å². The van der Waals surface area contributed by atoms with Crippen LogP contribution in [0.1, 0.15) is 36.6 Å². The standard InChI is InChI=1S/C26H29F3N6O2S/c1-17-5-4-14-35(17)25-32-22-12-16-34(24-21(26(27,28)29)6-3-13-30-24)15-11-20(22)23(33-25)31-18-7-9-19(10-8-18)38(2,36)37/h3,6-10,13,17H,4-5,11-12,14-16H2,1-2H3,(H,31,32,33). The van der Waals surface area contributed by atoms with Crippen LogP contribution in [0.2, 0.25) is 0 Å². The number of hydrogen-bond acceptors (Lipinski definition) is 8. The average molecular weight is 547 g/mol. The van der Waals surface area contributed by atoms with Gasteiger partial charge in [-0.1, -0.05) is 0 Å². The van der Waals surface area contributed by atoms with Gasteiger partial charge in [0.05, 0.1) is 16.2 Å². The molecule has 2 aliphatic rings. The first-order valence-electron chi connectivity index (χ1n) is 12.5. The highest BCUT2D eigenvalue weighted by molar-refractivity contribution is 7.90. The largest absolute Gasteiger partial charge is 0.419 e. The van der Waals surface area contributed by atoms with Gasteiger partial charge in [0, 0.05) is 55.8 Å². The second kappa shape index (κ2) is 10.0. The zero-order chi connectivity index (χ0) is 27.1. The van der Waals surface area contributed by atoms with E-state index in [-0.39, 0.29) is 16.8 Å². The molecule has 1 saturated heterocycles. The molecule has 1 fully saturated rings. The predicted octanol–water partition coefficient (Wildman–Crippen LogP) is 4.63. The number of benzene rings is 1. The van der Waals surface area contributed by atoms with Crippen molar-refractivity contribution in [1.82, 2.24) is 15.0 Å². The molecule has 3 aromatic rings. The van der Waals surface area contributed by atoms with E-state index >= 15 is 0 Å². The maximum atomic E-state index is 13.7. The van der Waals surface area contributed by atoms with E-state index < -0.39 is 21.6 Å². The van der Waals surface area contributed by atoms with Crippen molar-refractivity contribution in [2.75, 3.05) is 41.0 Å². The van der Waals surface area contributed by atoms with Gasteiger partial charge in [0.2, 0.25) is 5.95 Å². The highest BCUT2D eigenvalue weighted by Crippen LogP contribution is 2.37. The van der Waals surface area contributed by atoms with Gasteiger partial charge in [0.15, 0.2) is 9.84 Å². The number of rotatable bonds is 5. The smallest absolute Gasteiger partial charge is 0.355 e. The van der Waals surface area contributed by atoms with Crippen LogP contribution in [0.3, 0.4) is 0 Å². The Hall–Kier alpha value is -3.41. The number of nitrogens with zero attached hydrogens (tertiary/aromatic N) is 5. The third-order valence-electron chi connectivity index (χ3n) is 7.08. The van der Waals surface area contributed by atoms with E-state index in [1.807, 2.05) is 0 Å². The number of nitrogens with one attached hydrogen (secondary N) is 1. The van der Waals surface area contributed by atoms with Crippen molar-refractivity contribution in [2.45, 2.75) is 49.7 Å². The Labute approximate surface area is 219 Å². The van der Waals surface area contributed by atoms with Gasteiger partial charge >= 0.3 is 6.18 Å². The third-order valence-corrected chi connectivity index (χ3v) is 8.21. The lowest BCUT2D eigenvalue weighted by molar-refractivity contribution is -0.137. The molecular weight excluding hydrogens is 517 g/mol. The van der Waals surface area contributed by atoms with Crippen LogP contribution >= 0.6 is 0 Å². The van der Waals surface area contributed by atoms with Crippen molar-refractivity contribution in [3.05, 3.63) is 59.4 Å². The molecule has 8 nitrogen and oxygen atoms in total. The molecule has 0 amide bonds. The molecular formula is C26H29F3N6O2S.